The van der Waals surface area contributed by atoms with Gasteiger partial charge in [0.2, 0.25) is 0 Å². The van der Waals surface area contributed by atoms with Crippen molar-refractivity contribution in [2.45, 2.75) is 18.8 Å². The third kappa shape index (κ3) is 0.701. The van der Waals surface area contributed by atoms with E-state index in [1.807, 2.05) is 6.20 Å². The topological polar surface area (TPSA) is 37.8 Å². The number of nitrogens with one attached hydrogen (secondary N) is 1. The molecule has 1 aliphatic rings. The van der Waals surface area contributed by atoms with Crippen LogP contribution in [0.1, 0.15) is 24.3 Å². The number of aromatic amines is 1. The number of nitrogens with zero attached hydrogens (tertiary/aromatic N) is 1. The Hall–Kier alpha value is -0.990. The molecule has 2 rings (SSSR count). The van der Waals surface area contributed by atoms with Crippen molar-refractivity contribution in [3.63, 3.8) is 0 Å². The highest BCUT2D eigenvalue weighted by Gasteiger charge is 2.27. The van der Waals surface area contributed by atoms with Gasteiger partial charge in [0.25, 0.3) is 5.56 Å². The minimum absolute atomic E-state index is 0.141. The van der Waals surface area contributed by atoms with Crippen LogP contribution in [-0.2, 0) is 7.05 Å². The van der Waals surface area contributed by atoms with Crippen LogP contribution in [0.4, 0.5) is 0 Å². The Balaban J connectivity index is 2.50. The van der Waals surface area contributed by atoms with Crippen molar-refractivity contribution in [3.05, 3.63) is 22.1 Å². The molecule has 0 unspecified atom stereocenters. The molecule has 0 radical (unpaired) electrons. The van der Waals surface area contributed by atoms with Gasteiger partial charge in [-0.2, -0.15) is 0 Å². The number of rotatable bonds is 1. The molecule has 0 atom stereocenters. The van der Waals surface area contributed by atoms with Crippen molar-refractivity contribution < 1.29 is 0 Å². The second kappa shape index (κ2) is 1.75. The van der Waals surface area contributed by atoms with Gasteiger partial charge in [-0.3, -0.25) is 9.48 Å². The van der Waals surface area contributed by atoms with Gasteiger partial charge >= 0.3 is 0 Å². The van der Waals surface area contributed by atoms with Crippen LogP contribution < -0.4 is 5.56 Å². The average molecular weight is 138 g/mol. The van der Waals surface area contributed by atoms with Crippen molar-refractivity contribution in [1.29, 1.82) is 0 Å². The number of hydrogen-bond acceptors (Lipinski definition) is 1. The monoisotopic (exact) mass is 138 g/mol. The first kappa shape index (κ1) is 5.77. The Morgan fingerprint density at radius 1 is 1.70 bits per heavy atom. The van der Waals surface area contributed by atoms with E-state index in [1.54, 1.807) is 7.05 Å². The maximum Gasteiger partial charge on any atom is 0.269 e. The highest BCUT2D eigenvalue weighted by Crippen LogP contribution is 2.37. The van der Waals surface area contributed by atoms with Gasteiger partial charge in [0.15, 0.2) is 0 Å². The number of aromatic nitrogens is 2. The fourth-order valence-corrected chi connectivity index (χ4v) is 1.17. The molecule has 1 aliphatic carbocycles. The molecule has 0 saturated heterocycles. The van der Waals surface area contributed by atoms with E-state index in [0.717, 1.165) is 5.56 Å². The summed E-state index contributed by atoms with van der Waals surface area (Å²) in [4.78, 5) is 11.2. The van der Waals surface area contributed by atoms with Crippen molar-refractivity contribution in [2.75, 3.05) is 0 Å². The summed E-state index contributed by atoms with van der Waals surface area (Å²) in [5.41, 5.74) is 1.10. The van der Waals surface area contributed by atoms with E-state index >= 15 is 0 Å². The first-order valence-corrected chi connectivity index (χ1v) is 3.53. The Morgan fingerprint density at radius 3 is 2.80 bits per heavy atom. The summed E-state index contributed by atoms with van der Waals surface area (Å²) in [5.74, 6) is 0.560. The van der Waals surface area contributed by atoms with Gasteiger partial charge in [0, 0.05) is 18.8 Å². The summed E-state index contributed by atoms with van der Waals surface area (Å²) in [6, 6.07) is 0. The first-order chi connectivity index (χ1) is 4.79. The Morgan fingerprint density at radius 2 is 2.40 bits per heavy atom. The molecule has 10 heavy (non-hydrogen) atoms. The number of hydrogen-bond donors (Lipinski definition) is 1. The van der Waals surface area contributed by atoms with Crippen molar-refractivity contribution >= 4 is 0 Å². The quantitative estimate of drug-likeness (QED) is 0.606. The second-order valence-corrected chi connectivity index (χ2v) is 2.87. The minimum Gasteiger partial charge on any atom is -0.303 e. The van der Waals surface area contributed by atoms with Gasteiger partial charge in [-0.05, 0) is 18.8 Å². The van der Waals surface area contributed by atoms with Gasteiger partial charge in [-0.15, -0.1) is 0 Å². The average Bonchev–Trinajstić information content (AvgIpc) is 2.67. The number of H-pyrrole nitrogens is 1. The zero-order valence-electron chi connectivity index (χ0n) is 5.92. The van der Waals surface area contributed by atoms with Gasteiger partial charge in [-0.1, -0.05) is 0 Å². The van der Waals surface area contributed by atoms with Gasteiger partial charge in [0.05, 0.1) is 0 Å². The van der Waals surface area contributed by atoms with Crippen LogP contribution in [0, 0.1) is 0 Å². The second-order valence-electron chi connectivity index (χ2n) is 2.87. The molecular formula is C7H10N2O. The summed E-state index contributed by atoms with van der Waals surface area (Å²) < 4.78 is 1.52. The SMILES string of the molecule is Cn1[nH]cc(C2CC2)c1=O. The lowest BCUT2D eigenvalue weighted by molar-refractivity contribution is 0.737. The van der Waals surface area contributed by atoms with E-state index < -0.39 is 0 Å². The molecule has 1 aromatic heterocycles. The smallest absolute Gasteiger partial charge is 0.269 e. The van der Waals surface area contributed by atoms with Crippen LogP contribution in [0.5, 0.6) is 0 Å². The highest BCUT2D eigenvalue weighted by molar-refractivity contribution is 5.16. The molecule has 1 heterocycles. The molecule has 3 nitrogen and oxygen atoms in total. The molecule has 1 N–H and O–H groups in total. The van der Waals surface area contributed by atoms with E-state index in [1.165, 1.54) is 17.5 Å². The molecule has 0 aromatic carbocycles. The lowest BCUT2D eigenvalue weighted by atomic mass is 10.2. The molecule has 0 spiro atoms. The minimum atomic E-state index is 0.141. The Labute approximate surface area is 58.7 Å². The van der Waals surface area contributed by atoms with Crippen LogP contribution in [0.15, 0.2) is 11.0 Å². The van der Waals surface area contributed by atoms with Crippen molar-refractivity contribution in [3.8, 4) is 0 Å². The maximum absolute atomic E-state index is 11.2. The molecular weight excluding hydrogens is 128 g/mol. The molecule has 0 amide bonds. The summed E-state index contributed by atoms with van der Waals surface area (Å²) >= 11 is 0. The van der Waals surface area contributed by atoms with E-state index in [-0.39, 0.29) is 5.56 Å². The molecule has 3 heteroatoms. The zero-order valence-corrected chi connectivity index (χ0v) is 5.92. The molecule has 0 aliphatic heterocycles. The van der Waals surface area contributed by atoms with Crippen molar-refractivity contribution in [2.24, 2.45) is 7.05 Å². The van der Waals surface area contributed by atoms with Crippen LogP contribution in [-0.4, -0.2) is 9.78 Å². The van der Waals surface area contributed by atoms with E-state index in [9.17, 15) is 4.79 Å². The number of aryl methyl sites for hydroxylation is 1. The Bertz CT molecular complexity index is 293. The van der Waals surface area contributed by atoms with Gasteiger partial charge in [0.1, 0.15) is 0 Å². The van der Waals surface area contributed by atoms with Gasteiger partial charge < -0.3 is 5.10 Å². The fourth-order valence-electron chi connectivity index (χ4n) is 1.17. The summed E-state index contributed by atoms with van der Waals surface area (Å²) in [6.45, 7) is 0. The lowest BCUT2D eigenvalue weighted by Gasteiger charge is -1.84. The van der Waals surface area contributed by atoms with Gasteiger partial charge in [-0.25, -0.2) is 0 Å². The molecule has 0 bridgehead atoms. The summed E-state index contributed by atoms with van der Waals surface area (Å²) in [7, 11) is 1.74. The predicted molar refractivity (Wildman–Crippen MR) is 38.0 cm³/mol. The first-order valence-electron chi connectivity index (χ1n) is 3.53. The van der Waals surface area contributed by atoms with Crippen LogP contribution in [0.25, 0.3) is 0 Å². The van der Waals surface area contributed by atoms with Crippen LogP contribution >= 0.6 is 0 Å². The maximum atomic E-state index is 11.2. The highest BCUT2D eigenvalue weighted by atomic mass is 16.1. The van der Waals surface area contributed by atoms with Crippen LogP contribution in [0.3, 0.4) is 0 Å². The Kier molecular flexibility index (Phi) is 1.01. The fraction of sp³-hybridized carbons (Fsp3) is 0.571. The molecule has 54 valence electrons. The van der Waals surface area contributed by atoms with E-state index in [2.05, 4.69) is 5.10 Å². The predicted octanol–water partition coefficient (Wildman–Crippen LogP) is 0.591. The molecule has 1 aromatic rings. The molecule has 1 fully saturated rings. The van der Waals surface area contributed by atoms with E-state index in [4.69, 9.17) is 0 Å². The summed E-state index contributed by atoms with van der Waals surface area (Å²) in [5, 5.41) is 2.86. The standard InChI is InChI=1S/C7H10N2O/c1-9-7(10)6(4-8-9)5-2-3-5/h4-5,8H,2-3H2,1H3. The third-order valence-electron chi connectivity index (χ3n) is 1.98. The zero-order chi connectivity index (χ0) is 7.14. The van der Waals surface area contributed by atoms with Crippen LogP contribution in [0.2, 0.25) is 0 Å². The lowest BCUT2D eigenvalue weighted by Crippen LogP contribution is -2.14. The van der Waals surface area contributed by atoms with E-state index in [0.29, 0.717) is 5.92 Å². The third-order valence-corrected chi connectivity index (χ3v) is 1.98. The normalized spacial score (nSPS) is 17.7. The summed E-state index contributed by atoms with van der Waals surface area (Å²) in [6.07, 6.45) is 4.19. The largest absolute Gasteiger partial charge is 0.303 e. The molecule has 1 saturated carbocycles. The van der Waals surface area contributed by atoms with Crippen molar-refractivity contribution in [1.82, 2.24) is 9.78 Å².